The first-order chi connectivity index (χ1) is 12.0. The molecule has 0 amide bonds. The zero-order chi connectivity index (χ0) is 19.4. The Kier molecular flexibility index (Phi) is 4.50. The van der Waals surface area contributed by atoms with Crippen LogP contribution in [0.5, 0.6) is 0 Å². The molecule has 5 atom stereocenters. The van der Waals surface area contributed by atoms with Gasteiger partial charge in [-0.15, -0.1) is 0 Å². The van der Waals surface area contributed by atoms with Crippen molar-refractivity contribution < 1.29 is 38.9 Å². The number of phosphoric acid groups is 1. The summed E-state index contributed by atoms with van der Waals surface area (Å²) < 4.78 is 20.7. The SMILES string of the molecule is O=c1[nH]c2c(=O)[nH]c(=O)n(C3OC(OP(=O)(O)O)[C@@H](O)[C@@H](O)[C@H]3O)c2[nH]1. The highest BCUT2D eigenvalue weighted by atomic mass is 31.2. The predicted molar refractivity (Wildman–Crippen MR) is 78.9 cm³/mol. The van der Waals surface area contributed by atoms with E-state index >= 15 is 0 Å². The highest BCUT2D eigenvalue weighted by molar-refractivity contribution is 7.46. The lowest BCUT2D eigenvalue weighted by atomic mass is 10.0. The lowest BCUT2D eigenvalue weighted by Crippen LogP contribution is -2.57. The minimum absolute atomic E-state index is 0.390. The van der Waals surface area contributed by atoms with Gasteiger partial charge in [0.2, 0.25) is 0 Å². The van der Waals surface area contributed by atoms with Crippen LogP contribution in [0.25, 0.3) is 11.2 Å². The molecule has 16 heteroatoms. The van der Waals surface area contributed by atoms with Gasteiger partial charge in [-0.1, -0.05) is 0 Å². The van der Waals surface area contributed by atoms with Gasteiger partial charge in [0.1, 0.15) is 18.3 Å². The molecule has 0 radical (unpaired) electrons. The van der Waals surface area contributed by atoms with Crippen LogP contribution < -0.4 is 16.9 Å². The normalized spacial score (nSPS) is 30.0. The molecular weight excluding hydrogens is 383 g/mol. The molecule has 3 rings (SSSR count). The van der Waals surface area contributed by atoms with Crippen molar-refractivity contribution in [3.05, 3.63) is 31.3 Å². The van der Waals surface area contributed by atoms with E-state index in [9.17, 15) is 34.3 Å². The van der Waals surface area contributed by atoms with Crippen LogP contribution in [0, 0.1) is 0 Å². The van der Waals surface area contributed by atoms with Crippen molar-refractivity contribution >= 4 is 19.0 Å². The Hall–Kier alpha value is -2.10. The minimum Gasteiger partial charge on any atom is -0.387 e. The summed E-state index contributed by atoms with van der Waals surface area (Å²) in [6.45, 7) is 0. The first-order valence-corrected chi connectivity index (χ1v) is 8.43. The van der Waals surface area contributed by atoms with Gasteiger partial charge in [0.15, 0.2) is 23.7 Å². The van der Waals surface area contributed by atoms with E-state index < -0.39 is 66.8 Å². The van der Waals surface area contributed by atoms with Crippen molar-refractivity contribution in [2.75, 3.05) is 0 Å². The van der Waals surface area contributed by atoms with Gasteiger partial charge < -0.3 is 29.8 Å². The van der Waals surface area contributed by atoms with E-state index in [0.717, 1.165) is 0 Å². The van der Waals surface area contributed by atoms with Gasteiger partial charge in [-0.25, -0.2) is 18.7 Å². The van der Waals surface area contributed by atoms with E-state index in [4.69, 9.17) is 14.5 Å². The number of aromatic nitrogens is 4. The van der Waals surface area contributed by atoms with Crippen molar-refractivity contribution in [2.24, 2.45) is 0 Å². The Labute approximate surface area is 140 Å². The molecule has 26 heavy (non-hydrogen) atoms. The maximum absolute atomic E-state index is 12.1. The molecule has 144 valence electrons. The molecule has 2 unspecified atom stereocenters. The third kappa shape index (κ3) is 3.17. The topological polar surface area (TPSA) is 240 Å². The number of H-pyrrole nitrogens is 3. The smallest absolute Gasteiger partial charge is 0.387 e. The van der Waals surface area contributed by atoms with Crippen molar-refractivity contribution in [1.29, 1.82) is 0 Å². The molecule has 1 fully saturated rings. The van der Waals surface area contributed by atoms with Crippen LogP contribution in [0.15, 0.2) is 14.4 Å². The molecule has 2 aromatic rings. The molecular formula is C10H13N4O11P. The highest BCUT2D eigenvalue weighted by Crippen LogP contribution is 2.41. The zero-order valence-electron chi connectivity index (χ0n) is 12.5. The number of hydrogen-bond acceptors (Lipinski definition) is 9. The van der Waals surface area contributed by atoms with Crippen molar-refractivity contribution in [3.8, 4) is 0 Å². The monoisotopic (exact) mass is 396 g/mol. The van der Waals surface area contributed by atoms with Crippen LogP contribution in [0.1, 0.15) is 6.23 Å². The Morgan fingerprint density at radius 2 is 1.65 bits per heavy atom. The van der Waals surface area contributed by atoms with Gasteiger partial charge in [0.05, 0.1) is 0 Å². The molecule has 0 aromatic carbocycles. The number of phosphoric ester groups is 1. The van der Waals surface area contributed by atoms with Crippen LogP contribution in [0.3, 0.4) is 0 Å². The number of ether oxygens (including phenoxy) is 1. The molecule has 0 saturated carbocycles. The van der Waals surface area contributed by atoms with E-state index in [1.807, 2.05) is 4.98 Å². The standard InChI is InChI=1S/C10H13N4O11P/c15-2-3(16)7(24-8(4(2)17)25-26(21,22)23)14-5-1(11-9(19)12-5)6(18)13-10(14)20/h2-4,7-8,15-17H,(H2,11,12,19)(H,13,18,20)(H2,21,22,23)/t2-,3+,4-,7?,8?/m0/s1. The maximum Gasteiger partial charge on any atom is 0.472 e. The summed E-state index contributed by atoms with van der Waals surface area (Å²) in [6, 6.07) is 0. The number of rotatable bonds is 3. The number of fused-ring (bicyclic) bond motifs is 1. The fourth-order valence-corrected chi connectivity index (χ4v) is 2.99. The highest BCUT2D eigenvalue weighted by Gasteiger charge is 2.48. The molecule has 15 nitrogen and oxygen atoms in total. The third-order valence-electron chi connectivity index (χ3n) is 3.65. The molecule has 0 spiro atoms. The second-order valence-corrected chi connectivity index (χ2v) is 6.59. The first kappa shape index (κ1) is 18.7. The third-order valence-corrected chi connectivity index (χ3v) is 4.14. The van der Waals surface area contributed by atoms with Crippen LogP contribution in [-0.2, 0) is 13.8 Å². The van der Waals surface area contributed by atoms with Crippen molar-refractivity contribution in [2.45, 2.75) is 30.8 Å². The second-order valence-electron chi connectivity index (χ2n) is 5.39. The maximum atomic E-state index is 12.1. The summed E-state index contributed by atoms with van der Waals surface area (Å²) in [6.07, 6.45) is -10.1. The van der Waals surface area contributed by atoms with Gasteiger partial charge in [-0.05, 0) is 0 Å². The first-order valence-electron chi connectivity index (χ1n) is 6.90. The summed E-state index contributed by atoms with van der Waals surface area (Å²) in [4.78, 5) is 59.0. The quantitative estimate of drug-likeness (QED) is 0.231. The number of nitrogens with zero attached hydrogens (tertiary/aromatic N) is 1. The lowest BCUT2D eigenvalue weighted by molar-refractivity contribution is -0.295. The van der Waals surface area contributed by atoms with E-state index in [2.05, 4.69) is 14.5 Å². The van der Waals surface area contributed by atoms with Crippen molar-refractivity contribution in [3.63, 3.8) is 0 Å². The van der Waals surface area contributed by atoms with Crippen LogP contribution in [0.4, 0.5) is 0 Å². The van der Waals surface area contributed by atoms with Gasteiger partial charge in [0.25, 0.3) is 5.56 Å². The van der Waals surface area contributed by atoms with Gasteiger partial charge >= 0.3 is 19.2 Å². The van der Waals surface area contributed by atoms with E-state index in [0.29, 0.717) is 4.57 Å². The number of aromatic amines is 3. The summed E-state index contributed by atoms with van der Waals surface area (Å²) in [7, 11) is -5.19. The molecule has 2 aromatic heterocycles. The molecule has 1 saturated heterocycles. The van der Waals surface area contributed by atoms with Crippen LogP contribution in [-0.4, -0.2) is 69.2 Å². The van der Waals surface area contributed by atoms with E-state index in [-0.39, 0.29) is 0 Å². The Balaban J connectivity index is 2.15. The molecule has 8 N–H and O–H groups in total. The minimum atomic E-state index is -5.19. The van der Waals surface area contributed by atoms with Crippen molar-refractivity contribution in [1.82, 2.24) is 19.5 Å². The number of nitrogens with one attached hydrogen (secondary N) is 3. The average molecular weight is 396 g/mol. The van der Waals surface area contributed by atoms with Gasteiger partial charge in [-0.2, -0.15) is 0 Å². The number of hydrogen-bond donors (Lipinski definition) is 8. The number of aliphatic hydroxyl groups excluding tert-OH is 3. The molecule has 0 bridgehead atoms. The molecule has 1 aliphatic heterocycles. The van der Waals surface area contributed by atoms with Gasteiger partial charge in [0, 0.05) is 0 Å². The number of aliphatic hydroxyl groups is 3. The second kappa shape index (κ2) is 6.26. The van der Waals surface area contributed by atoms with Crippen LogP contribution in [0.2, 0.25) is 0 Å². The average Bonchev–Trinajstić information content (AvgIpc) is 2.90. The largest absolute Gasteiger partial charge is 0.472 e. The zero-order valence-corrected chi connectivity index (χ0v) is 13.4. The summed E-state index contributed by atoms with van der Waals surface area (Å²) in [5, 5.41) is 29.7. The molecule has 1 aliphatic rings. The Bertz CT molecular complexity index is 1050. The van der Waals surface area contributed by atoms with Crippen LogP contribution >= 0.6 is 7.82 Å². The fourth-order valence-electron chi connectivity index (χ4n) is 2.55. The molecule has 3 heterocycles. The lowest BCUT2D eigenvalue weighted by Gasteiger charge is -2.40. The summed E-state index contributed by atoms with van der Waals surface area (Å²) >= 11 is 0. The van der Waals surface area contributed by atoms with E-state index in [1.54, 1.807) is 0 Å². The van der Waals surface area contributed by atoms with Gasteiger partial charge in [-0.3, -0.25) is 24.3 Å². The molecule has 0 aliphatic carbocycles. The summed E-state index contributed by atoms with van der Waals surface area (Å²) in [5.74, 6) is 0. The number of imidazole rings is 1. The Morgan fingerprint density at radius 1 is 1.00 bits per heavy atom. The summed E-state index contributed by atoms with van der Waals surface area (Å²) in [5.41, 5.74) is -3.84. The van der Waals surface area contributed by atoms with E-state index in [1.165, 1.54) is 0 Å². The predicted octanol–water partition coefficient (Wildman–Crippen LogP) is -4.25. The fraction of sp³-hybridized carbons (Fsp3) is 0.500. The Morgan fingerprint density at radius 3 is 2.27 bits per heavy atom.